The van der Waals surface area contributed by atoms with Crippen molar-refractivity contribution in [2.24, 2.45) is 0 Å². The number of carbonyl (C=O) groups excluding carboxylic acids is 2. The molecule has 2 aromatic carbocycles. The summed E-state index contributed by atoms with van der Waals surface area (Å²) in [7, 11) is 0. The Morgan fingerprint density at radius 1 is 0.684 bits per heavy atom. The zero-order valence-corrected chi connectivity index (χ0v) is 11.4. The molecular formula is C14H10O3S2. The summed E-state index contributed by atoms with van der Waals surface area (Å²) in [5.41, 5.74) is 1.08. The van der Waals surface area contributed by atoms with Crippen LogP contribution in [0, 0.1) is 0 Å². The molecule has 0 aliphatic rings. The highest BCUT2D eigenvalue weighted by Gasteiger charge is 2.11. The van der Waals surface area contributed by atoms with Crippen molar-refractivity contribution in [3.05, 3.63) is 71.8 Å². The summed E-state index contributed by atoms with van der Waals surface area (Å²) in [5.74, 6) is 0. The smallest absolute Gasteiger partial charge is 0.247 e. The van der Waals surface area contributed by atoms with E-state index in [1.165, 1.54) is 0 Å². The summed E-state index contributed by atoms with van der Waals surface area (Å²) in [4.78, 5) is 23.4. The molecule has 0 heterocycles. The van der Waals surface area contributed by atoms with Crippen LogP contribution >= 0.6 is 24.1 Å². The van der Waals surface area contributed by atoms with Crippen LogP contribution in [0.25, 0.3) is 0 Å². The highest BCUT2D eigenvalue weighted by molar-refractivity contribution is 8.22. The van der Waals surface area contributed by atoms with Crippen LogP contribution in [-0.2, 0) is 3.63 Å². The fourth-order valence-corrected chi connectivity index (χ4v) is 2.42. The molecule has 0 radical (unpaired) electrons. The molecule has 0 unspecified atom stereocenters. The van der Waals surface area contributed by atoms with Gasteiger partial charge in [-0.2, -0.15) is 0 Å². The van der Waals surface area contributed by atoms with Crippen molar-refractivity contribution >= 4 is 34.3 Å². The molecule has 3 nitrogen and oxygen atoms in total. The highest BCUT2D eigenvalue weighted by Crippen LogP contribution is 2.22. The molecule has 19 heavy (non-hydrogen) atoms. The fourth-order valence-electron chi connectivity index (χ4n) is 1.32. The standard InChI is InChI=1S/C14H10O3S2/c15-13(11-7-3-1-4-8-11)18-17-19-14(16)12-9-5-2-6-10-12/h1-10H. The summed E-state index contributed by atoms with van der Waals surface area (Å²) in [6.45, 7) is 0. The van der Waals surface area contributed by atoms with Gasteiger partial charge >= 0.3 is 0 Å². The summed E-state index contributed by atoms with van der Waals surface area (Å²) in [6.07, 6.45) is 0. The lowest BCUT2D eigenvalue weighted by Gasteiger charge is -2.00. The second kappa shape index (κ2) is 7.13. The summed E-state index contributed by atoms with van der Waals surface area (Å²) >= 11 is 1.31. The first kappa shape index (κ1) is 13.9. The van der Waals surface area contributed by atoms with E-state index in [1.807, 2.05) is 12.1 Å². The minimum absolute atomic E-state index is 0.228. The number of rotatable bonds is 4. The Morgan fingerprint density at radius 2 is 1.05 bits per heavy atom. The molecule has 2 rings (SSSR count). The van der Waals surface area contributed by atoms with Gasteiger partial charge in [-0.1, -0.05) is 60.7 Å². The minimum atomic E-state index is -0.228. The molecule has 0 bridgehead atoms. The second-order valence-corrected chi connectivity index (χ2v) is 5.16. The van der Waals surface area contributed by atoms with E-state index in [0.717, 1.165) is 0 Å². The Kier molecular flexibility index (Phi) is 5.20. The fraction of sp³-hybridized carbons (Fsp3) is 0. The van der Waals surface area contributed by atoms with Gasteiger partial charge in [0.05, 0.1) is 24.1 Å². The van der Waals surface area contributed by atoms with Gasteiger partial charge in [-0.05, 0) is 0 Å². The molecule has 96 valence electrons. The third-order valence-electron chi connectivity index (χ3n) is 2.24. The minimum Gasteiger partial charge on any atom is -0.279 e. The van der Waals surface area contributed by atoms with Crippen LogP contribution in [0.3, 0.4) is 0 Å². The van der Waals surface area contributed by atoms with Crippen LogP contribution in [0.1, 0.15) is 20.7 Å². The molecule has 0 amide bonds. The zero-order valence-electron chi connectivity index (χ0n) is 9.81. The maximum Gasteiger partial charge on any atom is 0.247 e. The van der Waals surface area contributed by atoms with Gasteiger partial charge in [-0.3, -0.25) is 9.59 Å². The lowest BCUT2D eigenvalue weighted by atomic mass is 10.2. The number of benzene rings is 2. The SMILES string of the molecule is O=C(SOSC(=O)c1ccccc1)c1ccccc1. The van der Waals surface area contributed by atoms with Gasteiger partial charge in [-0.15, -0.1) is 0 Å². The van der Waals surface area contributed by atoms with Crippen molar-refractivity contribution < 1.29 is 13.2 Å². The van der Waals surface area contributed by atoms with Crippen LogP contribution in [-0.4, -0.2) is 10.2 Å². The number of carbonyl (C=O) groups is 2. The van der Waals surface area contributed by atoms with Gasteiger partial charge in [0.1, 0.15) is 0 Å². The van der Waals surface area contributed by atoms with Gasteiger partial charge in [0.25, 0.3) is 0 Å². The van der Waals surface area contributed by atoms with Gasteiger partial charge in [0, 0.05) is 11.1 Å². The Balaban J connectivity index is 1.81. The van der Waals surface area contributed by atoms with E-state index in [-0.39, 0.29) is 10.2 Å². The number of hydrogen-bond acceptors (Lipinski definition) is 5. The maximum absolute atomic E-state index is 11.7. The Hall–Kier alpha value is -1.56. The summed E-state index contributed by atoms with van der Waals surface area (Å²) in [5, 5.41) is -0.456. The quantitative estimate of drug-likeness (QED) is 0.797. The van der Waals surface area contributed by atoms with Gasteiger partial charge in [0.15, 0.2) is 0 Å². The van der Waals surface area contributed by atoms with E-state index >= 15 is 0 Å². The lowest BCUT2D eigenvalue weighted by molar-refractivity contribution is 0.108. The van der Waals surface area contributed by atoms with E-state index in [4.69, 9.17) is 3.63 Å². The number of hydrogen-bond donors (Lipinski definition) is 0. The zero-order chi connectivity index (χ0) is 13.5. The predicted octanol–water partition coefficient (Wildman–Crippen LogP) is 3.98. The van der Waals surface area contributed by atoms with Gasteiger partial charge < -0.3 is 0 Å². The van der Waals surface area contributed by atoms with Crippen LogP contribution in [0.4, 0.5) is 0 Å². The third kappa shape index (κ3) is 4.24. The first-order chi connectivity index (χ1) is 9.27. The highest BCUT2D eigenvalue weighted by atomic mass is 32.2. The van der Waals surface area contributed by atoms with Gasteiger partial charge in [0.2, 0.25) is 10.2 Å². The van der Waals surface area contributed by atoms with Crippen LogP contribution in [0.2, 0.25) is 0 Å². The normalized spacial score (nSPS) is 10.1. The topological polar surface area (TPSA) is 43.4 Å². The lowest BCUT2D eigenvalue weighted by Crippen LogP contribution is -1.95. The second-order valence-electron chi connectivity index (χ2n) is 3.54. The molecule has 0 saturated heterocycles. The van der Waals surface area contributed by atoms with Crippen LogP contribution in [0.5, 0.6) is 0 Å². The molecule has 0 spiro atoms. The van der Waals surface area contributed by atoms with Crippen molar-refractivity contribution in [1.29, 1.82) is 0 Å². The van der Waals surface area contributed by atoms with Gasteiger partial charge in [-0.25, -0.2) is 3.63 Å². The summed E-state index contributed by atoms with van der Waals surface area (Å²) < 4.78 is 5.00. The third-order valence-corrected chi connectivity index (χ3v) is 3.56. The largest absolute Gasteiger partial charge is 0.279 e. The van der Waals surface area contributed by atoms with Crippen LogP contribution < -0.4 is 0 Å². The molecule has 0 aromatic heterocycles. The molecule has 0 fully saturated rings. The monoisotopic (exact) mass is 290 g/mol. The van der Waals surface area contributed by atoms with E-state index < -0.39 is 0 Å². The van der Waals surface area contributed by atoms with Crippen LogP contribution in [0.15, 0.2) is 60.7 Å². The Bertz CT molecular complexity index is 504. The van der Waals surface area contributed by atoms with E-state index in [1.54, 1.807) is 48.5 Å². The Morgan fingerprint density at radius 3 is 1.42 bits per heavy atom. The van der Waals surface area contributed by atoms with Crippen molar-refractivity contribution in [2.75, 3.05) is 0 Å². The van der Waals surface area contributed by atoms with Crippen molar-refractivity contribution in [2.45, 2.75) is 0 Å². The predicted molar refractivity (Wildman–Crippen MR) is 77.8 cm³/mol. The Labute approximate surface area is 119 Å². The summed E-state index contributed by atoms with van der Waals surface area (Å²) in [6, 6.07) is 17.5. The molecule has 0 aliphatic carbocycles. The molecule has 5 heteroatoms. The molecule has 2 aromatic rings. The van der Waals surface area contributed by atoms with Crippen molar-refractivity contribution in [3.63, 3.8) is 0 Å². The van der Waals surface area contributed by atoms with E-state index in [0.29, 0.717) is 35.2 Å². The average molecular weight is 290 g/mol. The molecule has 0 aliphatic heterocycles. The van der Waals surface area contributed by atoms with E-state index in [9.17, 15) is 9.59 Å². The molecular weight excluding hydrogens is 280 g/mol. The molecule has 0 atom stereocenters. The molecule has 0 saturated carbocycles. The first-order valence-corrected chi connectivity index (χ1v) is 6.95. The van der Waals surface area contributed by atoms with Crippen molar-refractivity contribution in [1.82, 2.24) is 0 Å². The van der Waals surface area contributed by atoms with E-state index in [2.05, 4.69) is 0 Å². The molecule has 0 N–H and O–H groups in total. The first-order valence-electron chi connectivity index (χ1n) is 5.47. The average Bonchev–Trinajstić information content (AvgIpc) is 2.49. The maximum atomic E-state index is 11.7. The van der Waals surface area contributed by atoms with Crippen molar-refractivity contribution in [3.8, 4) is 0 Å².